The molecule has 1 atom stereocenters. The maximum Gasteiger partial charge on any atom is 0.325 e. The molecule has 3 N–H and O–H groups in total. The third-order valence-corrected chi connectivity index (χ3v) is 1.79. The van der Waals surface area contributed by atoms with Crippen molar-refractivity contribution in [1.82, 2.24) is 10.3 Å². The third-order valence-electron chi connectivity index (χ3n) is 1.79. The lowest BCUT2D eigenvalue weighted by Gasteiger charge is -2.07. The van der Waals surface area contributed by atoms with Crippen molar-refractivity contribution >= 4 is 11.9 Å². The molecule has 80 valence electrons. The van der Waals surface area contributed by atoms with Crippen LogP contribution in [0.2, 0.25) is 0 Å². The highest BCUT2D eigenvalue weighted by atomic mass is 16.4. The van der Waals surface area contributed by atoms with Crippen molar-refractivity contribution < 1.29 is 14.7 Å². The highest BCUT2D eigenvalue weighted by Crippen LogP contribution is 1.90. The minimum absolute atomic E-state index is 0.106. The number of carboxylic acid groups (broad SMARTS) is 1. The number of hydrogen-bond donors (Lipinski definition) is 3. The van der Waals surface area contributed by atoms with Gasteiger partial charge in [0.05, 0.1) is 0 Å². The lowest BCUT2D eigenvalue weighted by molar-refractivity contribution is -0.138. The SMILES string of the molecule is C[C@H](NC(=O)c1c[nH]ccc1=O)C(=O)O. The van der Waals surface area contributed by atoms with Gasteiger partial charge in [0.1, 0.15) is 11.6 Å². The van der Waals surface area contributed by atoms with E-state index in [2.05, 4.69) is 10.3 Å². The zero-order chi connectivity index (χ0) is 11.4. The molecule has 6 nitrogen and oxygen atoms in total. The number of hydrogen-bond acceptors (Lipinski definition) is 3. The van der Waals surface area contributed by atoms with Crippen LogP contribution < -0.4 is 10.7 Å². The van der Waals surface area contributed by atoms with Gasteiger partial charge in [0.25, 0.3) is 5.91 Å². The number of aliphatic carboxylic acids is 1. The fourth-order valence-corrected chi connectivity index (χ4v) is 0.930. The topological polar surface area (TPSA) is 99.3 Å². The molecule has 6 heteroatoms. The molecule has 0 spiro atoms. The Morgan fingerprint density at radius 2 is 2.20 bits per heavy atom. The maximum absolute atomic E-state index is 11.4. The fraction of sp³-hybridized carbons (Fsp3) is 0.222. The standard InChI is InChI=1S/C9H10N2O4/c1-5(9(14)15)11-8(13)6-4-10-3-2-7(6)12/h2-5H,1H3,(H,10,12)(H,11,13)(H,14,15)/t5-/m0/s1. The summed E-state index contributed by atoms with van der Waals surface area (Å²) in [6, 6.07) is 0.164. The average Bonchev–Trinajstić information content (AvgIpc) is 2.18. The van der Waals surface area contributed by atoms with Crippen LogP contribution in [0, 0.1) is 0 Å². The molecular weight excluding hydrogens is 200 g/mol. The molecule has 0 bridgehead atoms. The Balaban J connectivity index is 2.83. The minimum Gasteiger partial charge on any atom is -0.480 e. The summed E-state index contributed by atoms with van der Waals surface area (Å²) in [5.41, 5.74) is -0.561. The molecule has 0 aliphatic rings. The van der Waals surface area contributed by atoms with Crippen LogP contribution >= 0.6 is 0 Å². The zero-order valence-electron chi connectivity index (χ0n) is 7.98. The molecular formula is C9H10N2O4. The van der Waals surface area contributed by atoms with E-state index in [-0.39, 0.29) is 5.56 Å². The van der Waals surface area contributed by atoms with E-state index in [0.29, 0.717) is 0 Å². The molecule has 0 aromatic carbocycles. The molecule has 0 saturated heterocycles. The van der Waals surface area contributed by atoms with Gasteiger partial charge in [-0.3, -0.25) is 14.4 Å². The van der Waals surface area contributed by atoms with E-state index in [4.69, 9.17) is 5.11 Å². The molecule has 0 fully saturated rings. The fourth-order valence-electron chi connectivity index (χ4n) is 0.930. The van der Waals surface area contributed by atoms with Crippen LogP contribution in [0.3, 0.4) is 0 Å². The molecule has 0 saturated carbocycles. The largest absolute Gasteiger partial charge is 0.480 e. The van der Waals surface area contributed by atoms with Gasteiger partial charge in [0.15, 0.2) is 5.43 Å². The second-order valence-electron chi connectivity index (χ2n) is 2.96. The molecule has 1 aromatic rings. The molecule has 1 rings (SSSR count). The normalized spacial score (nSPS) is 11.8. The number of carbonyl (C=O) groups is 2. The van der Waals surface area contributed by atoms with Gasteiger partial charge >= 0.3 is 5.97 Å². The molecule has 0 unspecified atom stereocenters. The number of amides is 1. The third kappa shape index (κ3) is 2.67. The van der Waals surface area contributed by atoms with Gasteiger partial charge in [0, 0.05) is 18.5 Å². The number of aromatic amines is 1. The van der Waals surface area contributed by atoms with Crippen molar-refractivity contribution in [3.8, 4) is 0 Å². The van der Waals surface area contributed by atoms with Crippen LogP contribution in [0.25, 0.3) is 0 Å². The predicted octanol–water partition coefficient (Wildman–Crippen LogP) is -0.422. The number of carboxylic acids is 1. The number of nitrogens with one attached hydrogen (secondary N) is 2. The molecule has 1 amide bonds. The van der Waals surface area contributed by atoms with E-state index < -0.39 is 23.3 Å². The molecule has 1 aromatic heterocycles. The van der Waals surface area contributed by atoms with Crippen molar-refractivity contribution in [2.24, 2.45) is 0 Å². The average molecular weight is 210 g/mol. The molecule has 0 aliphatic heterocycles. The monoisotopic (exact) mass is 210 g/mol. The van der Waals surface area contributed by atoms with E-state index in [0.717, 1.165) is 0 Å². The first-order chi connectivity index (χ1) is 7.02. The molecule has 15 heavy (non-hydrogen) atoms. The Kier molecular flexibility index (Phi) is 3.22. The van der Waals surface area contributed by atoms with Crippen LogP contribution in [0.15, 0.2) is 23.3 Å². The van der Waals surface area contributed by atoms with Crippen molar-refractivity contribution in [3.05, 3.63) is 34.2 Å². The summed E-state index contributed by atoms with van der Waals surface area (Å²) in [6.07, 6.45) is 2.62. The summed E-state index contributed by atoms with van der Waals surface area (Å²) in [5, 5.41) is 10.7. The van der Waals surface area contributed by atoms with Gasteiger partial charge in [-0.05, 0) is 6.92 Å². The second-order valence-corrected chi connectivity index (χ2v) is 2.96. The maximum atomic E-state index is 11.4. The highest BCUT2D eigenvalue weighted by Gasteiger charge is 2.16. The van der Waals surface area contributed by atoms with Crippen molar-refractivity contribution in [3.63, 3.8) is 0 Å². The summed E-state index contributed by atoms with van der Waals surface area (Å²) in [7, 11) is 0. The number of pyridine rings is 1. The van der Waals surface area contributed by atoms with E-state index in [1.54, 1.807) is 0 Å². The first kappa shape index (κ1) is 11.0. The van der Waals surface area contributed by atoms with Crippen LogP contribution in [-0.4, -0.2) is 28.0 Å². The van der Waals surface area contributed by atoms with E-state index >= 15 is 0 Å². The number of rotatable bonds is 3. The van der Waals surface area contributed by atoms with Crippen LogP contribution in [0.4, 0.5) is 0 Å². The van der Waals surface area contributed by atoms with E-state index in [1.165, 1.54) is 25.4 Å². The van der Waals surface area contributed by atoms with Crippen LogP contribution in [-0.2, 0) is 4.79 Å². The molecule has 0 radical (unpaired) electrons. The van der Waals surface area contributed by atoms with E-state index in [1.807, 2.05) is 0 Å². The Labute approximate surface area is 84.9 Å². The second kappa shape index (κ2) is 4.41. The Morgan fingerprint density at radius 3 is 2.73 bits per heavy atom. The van der Waals surface area contributed by atoms with Gasteiger partial charge in [0.2, 0.25) is 0 Å². The molecule has 0 aliphatic carbocycles. The van der Waals surface area contributed by atoms with Gasteiger partial charge in [-0.1, -0.05) is 0 Å². The highest BCUT2D eigenvalue weighted by molar-refractivity contribution is 5.96. The van der Waals surface area contributed by atoms with Crippen LogP contribution in [0.1, 0.15) is 17.3 Å². The van der Waals surface area contributed by atoms with Crippen LogP contribution in [0.5, 0.6) is 0 Å². The number of carbonyl (C=O) groups excluding carboxylic acids is 1. The first-order valence-corrected chi connectivity index (χ1v) is 4.23. The zero-order valence-corrected chi connectivity index (χ0v) is 7.98. The summed E-state index contributed by atoms with van der Waals surface area (Å²) < 4.78 is 0. The lowest BCUT2D eigenvalue weighted by atomic mass is 10.2. The first-order valence-electron chi connectivity index (χ1n) is 4.23. The van der Waals surface area contributed by atoms with Gasteiger partial charge in [-0.25, -0.2) is 0 Å². The van der Waals surface area contributed by atoms with Crippen molar-refractivity contribution in [2.75, 3.05) is 0 Å². The summed E-state index contributed by atoms with van der Waals surface area (Å²) >= 11 is 0. The smallest absolute Gasteiger partial charge is 0.325 e. The molecule has 1 heterocycles. The summed E-state index contributed by atoms with van der Waals surface area (Å²) in [5.74, 6) is -1.86. The minimum atomic E-state index is -1.16. The quantitative estimate of drug-likeness (QED) is 0.630. The summed E-state index contributed by atoms with van der Waals surface area (Å²) in [4.78, 5) is 35.6. The Bertz CT molecular complexity index is 438. The Morgan fingerprint density at radius 1 is 1.53 bits per heavy atom. The van der Waals surface area contributed by atoms with Gasteiger partial charge in [-0.15, -0.1) is 0 Å². The van der Waals surface area contributed by atoms with Gasteiger partial charge in [-0.2, -0.15) is 0 Å². The predicted molar refractivity (Wildman–Crippen MR) is 51.6 cm³/mol. The number of aromatic nitrogens is 1. The van der Waals surface area contributed by atoms with E-state index in [9.17, 15) is 14.4 Å². The van der Waals surface area contributed by atoms with Crippen molar-refractivity contribution in [1.29, 1.82) is 0 Å². The van der Waals surface area contributed by atoms with Crippen molar-refractivity contribution in [2.45, 2.75) is 13.0 Å². The lowest BCUT2D eigenvalue weighted by Crippen LogP contribution is -2.40. The van der Waals surface area contributed by atoms with Gasteiger partial charge < -0.3 is 15.4 Å². The number of H-pyrrole nitrogens is 1. The Hall–Kier alpha value is -2.11. The summed E-state index contributed by atoms with van der Waals surface area (Å²) in [6.45, 7) is 1.32.